The van der Waals surface area contributed by atoms with E-state index in [4.69, 9.17) is 16.1 Å². The number of halogens is 1. The van der Waals surface area contributed by atoms with Gasteiger partial charge in [0, 0.05) is 0 Å². The van der Waals surface area contributed by atoms with Gasteiger partial charge in [-0.15, -0.1) is 16.1 Å². The second-order valence-electron chi connectivity index (χ2n) is 1.38. The summed E-state index contributed by atoms with van der Waals surface area (Å²) in [4.78, 5) is 0. The third-order valence-corrected chi connectivity index (χ3v) is 1.65. The monoisotopic (exact) mass is 179 g/mol. The maximum atomic E-state index is 10.7. The first-order valence-corrected chi connectivity index (χ1v) is 4.54. The number of hydrogen-bond donors (Lipinski definition) is 0. The Hall–Kier alpha value is -0.170. The summed E-state index contributed by atoms with van der Waals surface area (Å²) in [5.74, 6) is 1.80. The zero-order valence-electron chi connectivity index (χ0n) is 5.50. The Morgan fingerprint density at radius 2 is 2.40 bits per heavy atom. The molecule has 4 heteroatoms. The van der Waals surface area contributed by atoms with Crippen molar-refractivity contribution in [1.29, 1.82) is 0 Å². The molecule has 0 spiro atoms. The maximum Gasteiger partial charge on any atom is 0.540 e. The summed E-state index contributed by atoms with van der Waals surface area (Å²) in [5.41, 5.74) is 0. The van der Waals surface area contributed by atoms with Crippen LogP contribution in [-0.4, -0.2) is 12.5 Å². The highest BCUT2D eigenvalue weighted by Crippen LogP contribution is 2.22. The molecule has 1 unspecified atom stereocenters. The first-order valence-electron chi connectivity index (χ1n) is 2.75. The van der Waals surface area contributed by atoms with Crippen LogP contribution in [0.1, 0.15) is 0 Å². The third-order valence-electron chi connectivity index (χ3n) is 0.640. The molecular weight excluding hydrogens is 170 g/mol. The lowest BCUT2D eigenvalue weighted by atomic mass is 10.6. The Morgan fingerprint density at radius 3 is 2.90 bits per heavy atom. The summed E-state index contributed by atoms with van der Waals surface area (Å²) in [6.45, 7) is 3.73. The van der Waals surface area contributed by atoms with Crippen molar-refractivity contribution in [3.63, 3.8) is 0 Å². The fourth-order valence-electron chi connectivity index (χ4n) is 0.299. The van der Waals surface area contributed by atoms with Gasteiger partial charge in [-0.1, -0.05) is 12.7 Å². The van der Waals surface area contributed by atoms with Gasteiger partial charge >= 0.3 is 8.03 Å². The number of rotatable bonds is 5. The predicted octanol–water partition coefficient (Wildman–Crippen LogP) is 2.68. The Labute approximate surface area is 66.4 Å². The molecule has 0 aromatic heterocycles. The minimum Gasteiger partial charge on any atom is -0.141 e. The fraction of sp³-hybridized carbons (Fsp3) is 0.333. The average Bonchev–Trinajstić information content (AvgIpc) is 1.97. The first kappa shape index (κ1) is 9.83. The second kappa shape index (κ2) is 6.94. The zero-order valence-corrected chi connectivity index (χ0v) is 7.15. The molecule has 2 nitrogen and oxygen atoms in total. The van der Waals surface area contributed by atoms with Crippen LogP contribution in [0.3, 0.4) is 0 Å². The van der Waals surface area contributed by atoms with E-state index >= 15 is 0 Å². The van der Waals surface area contributed by atoms with E-state index in [2.05, 4.69) is 6.58 Å². The molecule has 0 aromatic rings. The van der Waals surface area contributed by atoms with Crippen LogP contribution < -0.4 is 0 Å². The van der Waals surface area contributed by atoms with Crippen LogP contribution in [0.25, 0.3) is 0 Å². The molecule has 0 N–H and O–H groups in total. The van der Waals surface area contributed by atoms with E-state index < -0.39 is 8.03 Å². The van der Waals surface area contributed by atoms with Gasteiger partial charge in [0.25, 0.3) is 0 Å². The number of allylic oxidation sites excluding steroid dienone is 2. The summed E-state index contributed by atoms with van der Waals surface area (Å²) in [6, 6.07) is 0. The molecule has 0 bridgehead atoms. The highest BCUT2D eigenvalue weighted by Gasteiger charge is 2.09. The van der Waals surface area contributed by atoms with Crippen LogP contribution in [0.5, 0.6) is 0 Å². The highest BCUT2D eigenvalue weighted by atomic mass is 35.5. The Kier molecular flexibility index (Phi) is 6.83. The minimum atomic E-state index is -1.68. The van der Waals surface area contributed by atoms with Gasteiger partial charge in [0.2, 0.25) is 0 Å². The molecule has 0 rings (SSSR count). The average molecular weight is 180 g/mol. The third kappa shape index (κ3) is 5.96. The molecule has 0 aromatic carbocycles. The molecule has 0 fully saturated rings. The lowest BCUT2D eigenvalue weighted by Crippen LogP contribution is -1.84. The summed E-state index contributed by atoms with van der Waals surface area (Å²) in [5, 5.41) is 0. The van der Waals surface area contributed by atoms with Crippen LogP contribution in [0.15, 0.2) is 24.5 Å². The molecule has 0 amide bonds. The van der Waals surface area contributed by atoms with Gasteiger partial charge in [-0.3, -0.25) is 0 Å². The summed E-state index contributed by atoms with van der Waals surface area (Å²) >= 11 is 5.28. The molecule has 0 heterocycles. The molecule has 0 saturated carbocycles. The van der Waals surface area contributed by atoms with Gasteiger partial charge in [0.15, 0.2) is 5.82 Å². The molecule has 10 heavy (non-hydrogen) atoms. The largest absolute Gasteiger partial charge is 0.540 e. The summed E-state index contributed by atoms with van der Waals surface area (Å²) in [7, 11) is -1.68. The second-order valence-corrected chi connectivity index (χ2v) is 2.89. The minimum absolute atomic E-state index is 0.318. The standard InChI is InChI=1S/C6H9ClO2P/c1-2-3-6-10(8)9-5-4-7/h2-3,6H,1,4-5H2/q+1/b6-3+. The van der Waals surface area contributed by atoms with Gasteiger partial charge in [-0.2, -0.15) is 0 Å². The van der Waals surface area contributed by atoms with Crippen molar-refractivity contribution in [2.75, 3.05) is 12.5 Å². The van der Waals surface area contributed by atoms with Crippen molar-refractivity contribution < 1.29 is 9.09 Å². The van der Waals surface area contributed by atoms with Crippen LogP contribution >= 0.6 is 19.6 Å². The van der Waals surface area contributed by atoms with E-state index in [0.717, 1.165) is 0 Å². The molecular formula is C6H9ClO2P+. The quantitative estimate of drug-likeness (QED) is 0.369. The lowest BCUT2D eigenvalue weighted by Gasteiger charge is -1.78. The number of hydrogen-bond acceptors (Lipinski definition) is 2. The van der Waals surface area contributed by atoms with Crippen LogP contribution in [0.2, 0.25) is 0 Å². The van der Waals surface area contributed by atoms with Crippen molar-refractivity contribution in [3.05, 3.63) is 24.5 Å². The van der Waals surface area contributed by atoms with Crippen molar-refractivity contribution in [2.24, 2.45) is 0 Å². The highest BCUT2D eigenvalue weighted by molar-refractivity contribution is 7.42. The molecule has 0 aliphatic heterocycles. The molecule has 0 aliphatic rings. The van der Waals surface area contributed by atoms with Crippen molar-refractivity contribution in [1.82, 2.24) is 0 Å². The van der Waals surface area contributed by atoms with E-state index in [9.17, 15) is 4.57 Å². The lowest BCUT2D eigenvalue weighted by molar-refractivity contribution is 0.359. The Morgan fingerprint density at radius 1 is 1.70 bits per heavy atom. The molecule has 0 aliphatic carbocycles. The van der Waals surface area contributed by atoms with E-state index in [1.807, 2.05) is 0 Å². The fourth-order valence-corrected chi connectivity index (χ4v) is 1.10. The maximum absolute atomic E-state index is 10.7. The Bertz CT molecular complexity index is 145. The predicted molar refractivity (Wildman–Crippen MR) is 43.6 cm³/mol. The molecule has 0 saturated heterocycles. The van der Waals surface area contributed by atoms with Crippen LogP contribution in [0.4, 0.5) is 0 Å². The van der Waals surface area contributed by atoms with Crippen LogP contribution in [0, 0.1) is 0 Å². The topological polar surface area (TPSA) is 26.3 Å². The summed E-state index contributed by atoms with van der Waals surface area (Å²) in [6.07, 6.45) is 3.12. The van der Waals surface area contributed by atoms with Crippen LogP contribution in [-0.2, 0) is 9.09 Å². The van der Waals surface area contributed by atoms with Gasteiger partial charge < -0.3 is 0 Å². The van der Waals surface area contributed by atoms with Gasteiger partial charge in [0.05, 0.1) is 5.88 Å². The van der Waals surface area contributed by atoms with Gasteiger partial charge in [-0.25, -0.2) is 0 Å². The van der Waals surface area contributed by atoms with E-state index in [0.29, 0.717) is 12.5 Å². The van der Waals surface area contributed by atoms with E-state index in [1.54, 1.807) is 6.08 Å². The Balaban J connectivity index is 3.43. The van der Waals surface area contributed by atoms with E-state index in [-0.39, 0.29) is 0 Å². The number of alkyl halides is 1. The zero-order chi connectivity index (χ0) is 7.82. The van der Waals surface area contributed by atoms with Gasteiger partial charge in [-0.05, 0) is 10.6 Å². The van der Waals surface area contributed by atoms with Crippen molar-refractivity contribution in [2.45, 2.75) is 0 Å². The molecule has 56 valence electrons. The first-order chi connectivity index (χ1) is 4.81. The van der Waals surface area contributed by atoms with Crippen molar-refractivity contribution >= 4 is 19.6 Å². The molecule has 1 atom stereocenters. The van der Waals surface area contributed by atoms with E-state index in [1.165, 1.54) is 11.9 Å². The normalized spacial score (nSPS) is 11.9. The summed E-state index contributed by atoms with van der Waals surface area (Å²) < 4.78 is 15.4. The van der Waals surface area contributed by atoms with Crippen molar-refractivity contribution in [3.8, 4) is 0 Å². The SMILES string of the molecule is C=C/C=C/[P+](=O)OCCCl. The van der Waals surface area contributed by atoms with Gasteiger partial charge in [0.1, 0.15) is 6.61 Å². The molecule has 0 radical (unpaired) electrons. The smallest absolute Gasteiger partial charge is 0.141 e.